The van der Waals surface area contributed by atoms with Crippen molar-refractivity contribution < 1.29 is 23.8 Å². The summed E-state index contributed by atoms with van der Waals surface area (Å²) in [4.78, 5) is 24.0. The number of ether oxygens (including phenoxy) is 1. The lowest BCUT2D eigenvalue weighted by molar-refractivity contribution is -0.136. The van der Waals surface area contributed by atoms with Gasteiger partial charge in [-0.3, -0.25) is 9.59 Å². The van der Waals surface area contributed by atoms with Gasteiger partial charge in [0.1, 0.15) is 11.5 Å². The van der Waals surface area contributed by atoms with E-state index < -0.39 is 17.4 Å². The number of anilines is 1. The number of carbonyl (C=O) groups excluding carboxylic acids is 2. The lowest BCUT2D eigenvalue weighted by Crippen LogP contribution is -2.45. The molecule has 0 saturated heterocycles. The zero-order chi connectivity index (χ0) is 18.3. The predicted molar refractivity (Wildman–Crippen MR) is 92.3 cm³/mol. The molecule has 1 aromatic heterocycles. The van der Waals surface area contributed by atoms with E-state index in [4.69, 9.17) is 9.15 Å². The fourth-order valence-electron chi connectivity index (χ4n) is 2.23. The van der Waals surface area contributed by atoms with Gasteiger partial charge in [-0.15, -0.1) is 0 Å². The van der Waals surface area contributed by atoms with Gasteiger partial charge in [-0.2, -0.15) is 0 Å². The summed E-state index contributed by atoms with van der Waals surface area (Å²) < 4.78 is 10.6. The molecule has 1 atom stereocenters. The molecule has 0 radical (unpaired) electrons. The van der Waals surface area contributed by atoms with Crippen LogP contribution in [-0.2, 0) is 16.0 Å². The maximum absolute atomic E-state index is 12.0. The fourth-order valence-corrected chi connectivity index (χ4v) is 2.23. The van der Waals surface area contributed by atoms with Crippen LogP contribution in [-0.4, -0.2) is 35.7 Å². The summed E-state index contributed by atoms with van der Waals surface area (Å²) in [5, 5.41) is 15.2. The predicted octanol–water partition coefficient (Wildman–Crippen LogP) is 1.73. The van der Waals surface area contributed by atoms with Gasteiger partial charge in [0.2, 0.25) is 0 Å². The number of benzene rings is 1. The molecule has 1 unspecified atom stereocenters. The van der Waals surface area contributed by atoms with Gasteiger partial charge in [0.05, 0.1) is 24.2 Å². The lowest BCUT2D eigenvalue weighted by atomic mass is 10.0. The minimum absolute atomic E-state index is 0.0902. The maximum Gasteiger partial charge on any atom is 0.313 e. The summed E-state index contributed by atoms with van der Waals surface area (Å²) in [6.45, 7) is 3.73. The molecule has 0 saturated carbocycles. The van der Waals surface area contributed by atoms with Crippen LogP contribution in [0.1, 0.15) is 19.6 Å². The minimum atomic E-state index is -1.24. The summed E-state index contributed by atoms with van der Waals surface area (Å²) in [7, 11) is 0. The molecule has 0 aliphatic heterocycles. The third kappa shape index (κ3) is 5.65. The van der Waals surface area contributed by atoms with Crippen LogP contribution in [0.25, 0.3) is 0 Å². The van der Waals surface area contributed by atoms with E-state index in [1.807, 2.05) is 6.92 Å². The zero-order valence-corrected chi connectivity index (χ0v) is 14.2. The number of furan rings is 1. The number of amides is 2. The van der Waals surface area contributed by atoms with Gasteiger partial charge in [0.15, 0.2) is 0 Å². The van der Waals surface area contributed by atoms with Crippen LogP contribution in [0.5, 0.6) is 5.75 Å². The standard InChI is InChI=1S/C18H22N2O5/c1-3-24-15-9-5-4-8-14(15)20-17(22)16(21)19-12-18(2,23)11-13-7-6-10-25-13/h4-10,23H,3,11-12H2,1-2H3,(H,19,21)(H,20,22). The van der Waals surface area contributed by atoms with E-state index in [0.29, 0.717) is 23.8 Å². The van der Waals surface area contributed by atoms with E-state index in [9.17, 15) is 14.7 Å². The highest BCUT2D eigenvalue weighted by Crippen LogP contribution is 2.23. The highest BCUT2D eigenvalue weighted by atomic mass is 16.5. The Balaban J connectivity index is 1.89. The van der Waals surface area contributed by atoms with Crippen molar-refractivity contribution in [3.8, 4) is 5.75 Å². The van der Waals surface area contributed by atoms with Crippen LogP contribution in [0.2, 0.25) is 0 Å². The van der Waals surface area contributed by atoms with Crippen LogP contribution in [0.4, 0.5) is 5.69 Å². The topological polar surface area (TPSA) is 101 Å². The molecule has 0 bridgehead atoms. The third-order valence-corrected chi connectivity index (χ3v) is 3.41. The summed E-state index contributed by atoms with van der Waals surface area (Å²) in [5.74, 6) is -0.600. The van der Waals surface area contributed by atoms with Gasteiger partial charge in [-0.05, 0) is 38.1 Å². The Labute approximate surface area is 146 Å². The first kappa shape index (κ1) is 18.5. The molecule has 134 valence electrons. The molecule has 2 rings (SSSR count). The molecule has 1 heterocycles. The van der Waals surface area contributed by atoms with Crippen LogP contribution < -0.4 is 15.4 Å². The van der Waals surface area contributed by atoms with Crippen molar-refractivity contribution in [2.75, 3.05) is 18.5 Å². The summed E-state index contributed by atoms with van der Waals surface area (Å²) in [6.07, 6.45) is 1.72. The van der Waals surface area contributed by atoms with E-state index in [0.717, 1.165) is 0 Å². The van der Waals surface area contributed by atoms with E-state index in [-0.39, 0.29) is 13.0 Å². The Hall–Kier alpha value is -2.80. The smallest absolute Gasteiger partial charge is 0.313 e. The zero-order valence-electron chi connectivity index (χ0n) is 14.2. The van der Waals surface area contributed by atoms with Crippen molar-refractivity contribution in [2.24, 2.45) is 0 Å². The second-order valence-electron chi connectivity index (χ2n) is 5.82. The van der Waals surface area contributed by atoms with Crippen molar-refractivity contribution in [2.45, 2.75) is 25.9 Å². The van der Waals surface area contributed by atoms with Crippen molar-refractivity contribution in [3.05, 3.63) is 48.4 Å². The van der Waals surface area contributed by atoms with Crippen LogP contribution >= 0.6 is 0 Å². The average molecular weight is 346 g/mol. The Bertz CT molecular complexity index is 710. The second kappa shape index (κ2) is 8.34. The summed E-state index contributed by atoms with van der Waals surface area (Å²) in [5.41, 5.74) is -0.830. The molecule has 7 heteroatoms. The number of hydrogen-bond donors (Lipinski definition) is 3. The fraction of sp³-hybridized carbons (Fsp3) is 0.333. The van der Waals surface area contributed by atoms with Gasteiger partial charge < -0.3 is 24.9 Å². The van der Waals surface area contributed by atoms with Gasteiger partial charge in [-0.25, -0.2) is 0 Å². The van der Waals surface area contributed by atoms with Crippen molar-refractivity contribution in [3.63, 3.8) is 0 Å². The normalized spacial score (nSPS) is 12.9. The Morgan fingerprint density at radius 2 is 1.96 bits per heavy atom. The van der Waals surface area contributed by atoms with Gasteiger partial charge in [-0.1, -0.05) is 12.1 Å². The molecule has 2 aromatic rings. The molecule has 0 spiro atoms. The van der Waals surface area contributed by atoms with E-state index in [1.165, 1.54) is 6.26 Å². The molecule has 0 fully saturated rings. The first-order valence-corrected chi connectivity index (χ1v) is 7.97. The average Bonchev–Trinajstić information content (AvgIpc) is 3.07. The third-order valence-electron chi connectivity index (χ3n) is 3.41. The number of rotatable bonds is 7. The van der Waals surface area contributed by atoms with Gasteiger partial charge >= 0.3 is 11.8 Å². The molecule has 7 nitrogen and oxygen atoms in total. The molecule has 3 N–H and O–H groups in total. The number of hydrogen-bond acceptors (Lipinski definition) is 5. The summed E-state index contributed by atoms with van der Waals surface area (Å²) in [6, 6.07) is 10.3. The van der Waals surface area contributed by atoms with Crippen molar-refractivity contribution >= 4 is 17.5 Å². The van der Waals surface area contributed by atoms with Gasteiger partial charge in [0, 0.05) is 13.0 Å². The molecular weight excluding hydrogens is 324 g/mol. The minimum Gasteiger partial charge on any atom is -0.492 e. The molecule has 2 amide bonds. The quantitative estimate of drug-likeness (QED) is 0.663. The monoisotopic (exact) mass is 346 g/mol. The Morgan fingerprint density at radius 1 is 1.20 bits per heavy atom. The highest BCUT2D eigenvalue weighted by molar-refractivity contribution is 6.39. The molecule has 0 aliphatic carbocycles. The second-order valence-corrected chi connectivity index (χ2v) is 5.82. The Kier molecular flexibility index (Phi) is 6.19. The molecular formula is C18H22N2O5. The first-order valence-electron chi connectivity index (χ1n) is 7.97. The molecule has 25 heavy (non-hydrogen) atoms. The van der Waals surface area contributed by atoms with E-state index in [2.05, 4.69) is 10.6 Å². The number of para-hydroxylation sites is 2. The highest BCUT2D eigenvalue weighted by Gasteiger charge is 2.25. The van der Waals surface area contributed by atoms with Gasteiger partial charge in [0.25, 0.3) is 0 Å². The number of aliphatic hydroxyl groups is 1. The first-order chi connectivity index (χ1) is 11.9. The lowest BCUT2D eigenvalue weighted by Gasteiger charge is -2.22. The molecule has 1 aromatic carbocycles. The van der Waals surface area contributed by atoms with Crippen LogP contribution in [0.3, 0.4) is 0 Å². The van der Waals surface area contributed by atoms with Crippen LogP contribution in [0, 0.1) is 0 Å². The van der Waals surface area contributed by atoms with Crippen molar-refractivity contribution in [1.29, 1.82) is 0 Å². The van der Waals surface area contributed by atoms with Crippen LogP contribution in [0.15, 0.2) is 47.1 Å². The van der Waals surface area contributed by atoms with Crippen molar-refractivity contribution in [1.82, 2.24) is 5.32 Å². The number of carbonyl (C=O) groups is 2. The largest absolute Gasteiger partial charge is 0.492 e. The molecule has 0 aliphatic rings. The summed E-state index contributed by atoms with van der Waals surface area (Å²) >= 11 is 0. The Morgan fingerprint density at radius 3 is 2.64 bits per heavy atom. The van der Waals surface area contributed by atoms with E-state index in [1.54, 1.807) is 43.3 Å². The maximum atomic E-state index is 12.0. The number of nitrogens with one attached hydrogen (secondary N) is 2. The van der Waals surface area contributed by atoms with E-state index >= 15 is 0 Å². The SMILES string of the molecule is CCOc1ccccc1NC(=O)C(=O)NCC(C)(O)Cc1ccco1.